The second-order valence-electron chi connectivity index (χ2n) is 2.25. The predicted molar refractivity (Wildman–Crippen MR) is 46.7 cm³/mol. The SMILES string of the molecule is Nc1nc(C=O)c(Br)cc1C(F)F. The molecule has 0 aliphatic rings. The minimum atomic E-state index is -2.69. The molecule has 1 aromatic rings. The molecule has 0 fully saturated rings. The van der Waals surface area contributed by atoms with Crippen LogP contribution >= 0.6 is 15.9 Å². The molecule has 1 aromatic heterocycles. The Hall–Kier alpha value is -1.04. The molecule has 2 N–H and O–H groups in total. The van der Waals surface area contributed by atoms with Crippen LogP contribution in [0.2, 0.25) is 0 Å². The van der Waals surface area contributed by atoms with Gasteiger partial charge < -0.3 is 5.73 Å². The van der Waals surface area contributed by atoms with Crippen LogP contribution in [0.5, 0.6) is 0 Å². The number of anilines is 1. The Morgan fingerprint density at radius 2 is 2.23 bits per heavy atom. The van der Waals surface area contributed by atoms with E-state index in [2.05, 4.69) is 20.9 Å². The van der Waals surface area contributed by atoms with E-state index in [0.29, 0.717) is 6.29 Å². The second-order valence-corrected chi connectivity index (χ2v) is 3.10. The lowest BCUT2D eigenvalue weighted by molar-refractivity contribution is 0.111. The summed E-state index contributed by atoms with van der Waals surface area (Å²) in [5.41, 5.74) is 4.83. The number of hydrogen-bond donors (Lipinski definition) is 1. The van der Waals surface area contributed by atoms with Crippen LogP contribution < -0.4 is 5.73 Å². The number of carbonyl (C=O) groups is 1. The minimum Gasteiger partial charge on any atom is -0.383 e. The molecule has 0 spiro atoms. The van der Waals surface area contributed by atoms with Gasteiger partial charge in [-0.2, -0.15) is 0 Å². The van der Waals surface area contributed by atoms with Crippen molar-refractivity contribution in [3.05, 3.63) is 21.8 Å². The summed E-state index contributed by atoms with van der Waals surface area (Å²) >= 11 is 2.93. The van der Waals surface area contributed by atoms with Crippen LogP contribution in [-0.4, -0.2) is 11.3 Å². The molecule has 0 atom stereocenters. The third-order valence-corrected chi connectivity index (χ3v) is 2.05. The van der Waals surface area contributed by atoms with Crippen molar-refractivity contribution in [2.75, 3.05) is 5.73 Å². The molecule has 0 aromatic carbocycles. The van der Waals surface area contributed by atoms with Crippen LogP contribution in [0.1, 0.15) is 22.5 Å². The van der Waals surface area contributed by atoms with Gasteiger partial charge in [0.1, 0.15) is 11.5 Å². The molecule has 1 heterocycles. The van der Waals surface area contributed by atoms with E-state index < -0.39 is 6.43 Å². The van der Waals surface area contributed by atoms with Crippen molar-refractivity contribution < 1.29 is 13.6 Å². The molecule has 0 saturated heterocycles. The number of aldehydes is 1. The molecule has 1 rings (SSSR count). The van der Waals surface area contributed by atoms with E-state index >= 15 is 0 Å². The Balaban J connectivity index is 3.28. The molecule has 3 nitrogen and oxygen atoms in total. The van der Waals surface area contributed by atoms with Crippen molar-refractivity contribution in [2.45, 2.75) is 6.43 Å². The van der Waals surface area contributed by atoms with Crippen molar-refractivity contribution in [3.8, 4) is 0 Å². The van der Waals surface area contributed by atoms with Crippen molar-refractivity contribution in [1.29, 1.82) is 0 Å². The molecule has 13 heavy (non-hydrogen) atoms. The fourth-order valence-electron chi connectivity index (χ4n) is 0.790. The van der Waals surface area contributed by atoms with Gasteiger partial charge in [0, 0.05) is 4.47 Å². The Bertz CT molecular complexity index is 344. The first-order valence-electron chi connectivity index (χ1n) is 3.25. The Morgan fingerprint density at radius 3 is 2.69 bits per heavy atom. The van der Waals surface area contributed by atoms with Gasteiger partial charge in [0.25, 0.3) is 6.43 Å². The molecule has 0 saturated carbocycles. The Kier molecular flexibility index (Phi) is 2.92. The highest BCUT2D eigenvalue weighted by Gasteiger charge is 2.15. The molecule has 0 aliphatic carbocycles. The number of nitrogen functional groups attached to an aromatic ring is 1. The van der Waals surface area contributed by atoms with Crippen LogP contribution in [0.15, 0.2) is 10.5 Å². The third kappa shape index (κ3) is 2.00. The number of carbonyl (C=O) groups excluding carboxylic acids is 1. The topological polar surface area (TPSA) is 56.0 Å². The van der Waals surface area contributed by atoms with Crippen LogP contribution in [-0.2, 0) is 0 Å². The lowest BCUT2D eigenvalue weighted by Gasteiger charge is -2.05. The van der Waals surface area contributed by atoms with Crippen molar-refractivity contribution in [2.24, 2.45) is 0 Å². The second kappa shape index (κ2) is 3.78. The number of rotatable bonds is 2. The zero-order chi connectivity index (χ0) is 10.0. The minimum absolute atomic E-state index is 0.0156. The van der Waals surface area contributed by atoms with Crippen molar-refractivity contribution >= 4 is 28.0 Å². The lowest BCUT2D eigenvalue weighted by Crippen LogP contribution is -2.02. The summed E-state index contributed by atoms with van der Waals surface area (Å²) in [5.74, 6) is -0.319. The summed E-state index contributed by atoms with van der Waals surface area (Å²) in [7, 11) is 0. The van der Waals surface area contributed by atoms with E-state index in [1.807, 2.05) is 0 Å². The average molecular weight is 251 g/mol. The van der Waals surface area contributed by atoms with Crippen LogP contribution in [0.25, 0.3) is 0 Å². The molecule has 70 valence electrons. The van der Waals surface area contributed by atoms with Gasteiger partial charge in [-0.3, -0.25) is 4.79 Å². The monoisotopic (exact) mass is 250 g/mol. The smallest absolute Gasteiger partial charge is 0.267 e. The van der Waals surface area contributed by atoms with E-state index in [4.69, 9.17) is 5.73 Å². The Labute approximate surface area is 81.1 Å². The maximum atomic E-state index is 12.2. The fourth-order valence-corrected chi connectivity index (χ4v) is 1.22. The first kappa shape index (κ1) is 10.0. The molecule has 0 radical (unpaired) electrons. The normalized spacial score (nSPS) is 10.5. The predicted octanol–water partition coefficient (Wildman–Crippen LogP) is 2.18. The highest BCUT2D eigenvalue weighted by molar-refractivity contribution is 9.10. The van der Waals surface area contributed by atoms with Crippen molar-refractivity contribution in [1.82, 2.24) is 4.98 Å². The van der Waals surface area contributed by atoms with E-state index in [-0.39, 0.29) is 21.5 Å². The number of halogens is 3. The summed E-state index contributed by atoms with van der Waals surface area (Å²) in [6, 6.07) is 1.09. The van der Waals surface area contributed by atoms with E-state index in [1.165, 1.54) is 0 Å². The zero-order valence-corrected chi connectivity index (χ0v) is 7.88. The van der Waals surface area contributed by atoms with Gasteiger partial charge in [-0.1, -0.05) is 0 Å². The summed E-state index contributed by atoms with van der Waals surface area (Å²) in [5, 5.41) is 0. The highest BCUT2D eigenvalue weighted by atomic mass is 79.9. The van der Waals surface area contributed by atoms with Gasteiger partial charge >= 0.3 is 0 Å². The lowest BCUT2D eigenvalue weighted by atomic mass is 10.2. The van der Waals surface area contributed by atoms with Gasteiger partial charge in [-0.05, 0) is 22.0 Å². The van der Waals surface area contributed by atoms with Crippen LogP contribution in [0.4, 0.5) is 14.6 Å². The van der Waals surface area contributed by atoms with Gasteiger partial charge in [0.15, 0.2) is 6.29 Å². The number of alkyl halides is 2. The number of hydrogen-bond acceptors (Lipinski definition) is 3. The standard InChI is InChI=1S/C7H5BrF2N2O/c8-4-1-3(6(9)10)7(11)12-5(4)2-13/h1-2,6H,(H2,11,12). The van der Waals surface area contributed by atoms with Crippen molar-refractivity contribution in [3.63, 3.8) is 0 Å². The first-order valence-corrected chi connectivity index (χ1v) is 4.04. The first-order chi connectivity index (χ1) is 6.06. The highest BCUT2D eigenvalue weighted by Crippen LogP contribution is 2.27. The number of pyridine rings is 1. The summed E-state index contributed by atoms with van der Waals surface area (Å²) in [6.07, 6.45) is -2.25. The summed E-state index contributed by atoms with van der Waals surface area (Å²) in [4.78, 5) is 13.8. The largest absolute Gasteiger partial charge is 0.383 e. The van der Waals surface area contributed by atoms with E-state index in [0.717, 1.165) is 6.07 Å². The number of nitrogens with two attached hydrogens (primary N) is 1. The van der Waals surface area contributed by atoms with Crippen LogP contribution in [0, 0.1) is 0 Å². The van der Waals surface area contributed by atoms with Gasteiger partial charge in [0.05, 0.1) is 5.56 Å². The molecule has 0 bridgehead atoms. The number of aromatic nitrogens is 1. The van der Waals surface area contributed by atoms with Gasteiger partial charge in [0.2, 0.25) is 0 Å². The maximum Gasteiger partial charge on any atom is 0.267 e. The maximum absolute atomic E-state index is 12.2. The van der Waals surface area contributed by atoms with E-state index in [1.54, 1.807) is 0 Å². The zero-order valence-electron chi connectivity index (χ0n) is 6.30. The van der Waals surface area contributed by atoms with Gasteiger partial charge in [-0.25, -0.2) is 13.8 Å². The molecule has 0 unspecified atom stereocenters. The van der Waals surface area contributed by atoms with Crippen LogP contribution in [0.3, 0.4) is 0 Å². The molecular weight excluding hydrogens is 246 g/mol. The Morgan fingerprint density at radius 1 is 1.62 bits per heavy atom. The average Bonchev–Trinajstić information content (AvgIpc) is 2.07. The number of nitrogens with zero attached hydrogens (tertiary/aromatic N) is 1. The summed E-state index contributed by atoms with van der Waals surface area (Å²) in [6.45, 7) is 0. The molecule has 0 amide bonds. The molecule has 6 heteroatoms. The summed E-state index contributed by atoms with van der Waals surface area (Å²) < 4.78 is 24.6. The molecule has 0 aliphatic heterocycles. The molecular formula is C7H5BrF2N2O. The fraction of sp³-hybridized carbons (Fsp3) is 0.143. The van der Waals surface area contributed by atoms with Gasteiger partial charge in [-0.15, -0.1) is 0 Å². The quantitative estimate of drug-likeness (QED) is 0.819. The van der Waals surface area contributed by atoms with E-state index in [9.17, 15) is 13.6 Å². The third-order valence-electron chi connectivity index (χ3n) is 1.41.